The van der Waals surface area contributed by atoms with Gasteiger partial charge in [0.25, 0.3) is 0 Å². The zero-order chi connectivity index (χ0) is 26.2. The number of carbonyl (C=O) groups excluding carboxylic acids is 4. The zero-order valence-corrected chi connectivity index (χ0v) is 21.7. The number of piperazine rings is 1. The fraction of sp³-hybridized carbons (Fsp3) is 0.643. The first-order valence-electron chi connectivity index (χ1n) is 13.9. The molecular formula is C28H41N5O4. The Morgan fingerprint density at radius 3 is 2.19 bits per heavy atom. The van der Waals surface area contributed by atoms with E-state index in [0.29, 0.717) is 24.6 Å². The van der Waals surface area contributed by atoms with Gasteiger partial charge in [-0.1, -0.05) is 69.6 Å². The number of nitrogens with one attached hydrogen (secondary N) is 2. The molecule has 0 spiro atoms. The van der Waals surface area contributed by atoms with E-state index in [1.807, 2.05) is 18.2 Å². The molecule has 2 aliphatic carbocycles. The van der Waals surface area contributed by atoms with Crippen LogP contribution in [-0.2, 0) is 14.4 Å². The molecule has 0 unspecified atom stereocenters. The molecule has 202 valence electrons. The average molecular weight is 512 g/mol. The highest BCUT2D eigenvalue weighted by molar-refractivity contribution is 5.94. The number of benzene rings is 1. The summed E-state index contributed by atoms with van der Waals surface area (Å²) < 4.78 is 0. The van der Waals surface area contributed by atoms with Crippen LogP contribution in [0.1, 0.15) is 70.6 Å². The number of para-hydroxylation sites is 1. The highest BCUT2D eigenvalue weighted by Crippen LogP contribution is 2.29. The Hall–Kier alpha value is -3.10. The van der Waals surface area contributed by atoms with Crippen molar-refractivity contribution in [1.29, 1.82) is 0 Å². The molecular weight excluding hydrogens is 470 g/mol. The molecule has 4 rings (SSSR count). The Labute approximate surface area is 219 Å². The molecule has 4 N–H and O–H groups in total. The second kappa shape index (κ2) is 12.9. The standard InChI is InChI=1S/C28H41N5O4/c29-25(34)23(18-20-10-4-1-5-11-20)31-26(35)24-19-32(28(37)30-22-14-8-3-9-15-22)16-17-33(24)27(36)21-12-6-2-7-13-21/h3,8-9,14-15,20-21,23-24H,1-2,4-7,10-13,16-19H2,(H2,29,34)(H,30,37)(H,31,35)/t23-,24-/m0/s1. The van der Waals surface area contributed by atoms with E-state index in [2.05, 4.69) is 10.6 Å². The molecule has 0 bridgehead atoms. The maximum atomic E-state index is 13.6. The molecule has 0 radical (unpaired) electrons. The lowest BCUT2D eigenvalue weighted by molar-refractivity contribution is -0.147. The van der Waals surface area contributed by atoms with Crippen LogP contribution in [0.2, 0.25) is 0 Å². The molecule has 5 amide bonds. The first kappa shape index (κ1) is 26.9. The van der Waals surface area contributed by atoms with E-state index < -0.39 is 23.9 Å². The molecule has 0 aromatic heterocycles. The van der Waals surface area contributed by atoms with Gasteiger partial charge in [-0.15, -0.1) is 0 Å². The van der Waals surface area contributed by atoms with Gasteiger partial charge in [0.05, 0.1) is 6.54 Å². The van der Waals surface area contributed by atoms with Gasteiger partial charge in [-0.2, -0.15) is 0 Å². The minimum atomic E-state index is -0.863. The molecule has 2 atom stereocenters. The third kappa shape index (κ3) is 7.23. The summed E-state index contributed by atoms with van der Waals surface area (Å²) in [4.78, 5) is 55.6. The van der Waals surface area contributed by atoms with Crippen LogP contribution in [0.5, 0.6) is 0 Å². The van der Waals surface area contributed by atoms with Gasteiger partial charge in [0.1, 0.15) is 12.1 Å². The SMILES string of the molecule is NC(=O)[C@H](CC1CCCCC1)NC(=O)[C@@H]1CN(C(=O)Nc2ccccc2)CCN1C(=O)C1CCCCC1. The lowest BCUT2D eigenvalue weighted by Gasteiger charge is -2.42. The van der Waals surface area contributed by atoms with Crippen LogP contribution in [0.3, 0.4) is 0 Å². The van der Waals surface area contributed by atoms with E-state index in [-0.39, 0.29) is 30.9 Å². The van der Waals surface area contributed by atoms with Gasteiger partial charge in [-0.05, 0) is 37.3 Å². The molecule has 9 heteroatoms. The largest absolute Gasteiger partial charge is 0.368 e. The topological polar surface area (TPSA) is 125 Å². The van der Waals surface area contributed by atoms with Gasteiger partial charge in [0, 0.05) is 24.7 Å². The summed E-state index contributed by atoms with van der Waals surface area (Å²) in [5.41, 5.74) is 6.36. The Kier molecular flexibility index (Phi) is 9.41. The summed E-state index contributed by atoms with van der Waals surface area (Å²) in [6, 6.07) is 7.18. The third-order valence-electron chi connectivity index (χ3n) is 8.19. The predicted molar refractivity (Wildman–Crippen MR) is 141 cm³/mol. The summed E-state index contributed by atoms with van der Waals surface area (Å²) in [5.74, 6) is -0.737. The van der Waals surface area contributed by atoms with Crippen molar-refractivity contribution in [1.82, 2.24) is 15.1 Å². The lowest BCUT2D eigenvalue weighted by Crippen LogP contribution is -2.64. The summed E-state index contributed by atoms with van der Waals surface area (Å²) in [6.45, 7) is 0.680. The van der Waals surface area contributed by atoms with Crippen molar-refractivity contribution in [3.05, 3.63) is 30.3 Å². The van der Waals surface area contributed by atoms with Gasteiger partial charge in [0.15, 0.2) is 0 Å². The molecule has 1 heterocycles. The van der Waals surface area contributed by atoms with Crippen molar-refractivity contribution in [2.45, 2.75) is 82.7 Å². The van der Waals surface area contributed by atoms with Crippen LogP contribution in [0.4, 0.5) is 10.5 Å². The molecule has 3 fully saturated rings. The summed E-state index contributed by atoms with van der Waals surface area (Å²) >= 11 is 0. The summed E-state index contributed by atoms with van der Waals surface area (Å²) in [6.07, 6.45) is 10.8. The quantitative estimate of drug-likeness (QED) is 0.520. The maximum absolute atomic E-state index is 13.6. The number of hydrogen-bond donors (Lipinski definition) is 3. The second-order valence-corrected chi connectivity index (χ2v) is 10.8. The van der Waals surface area contributed by atoms with Gasteiger partial charge in [-0.3, -0.25) is 14.4 Å². The molecule has 2 saturated carbocycles. The van der Waals surface area contributed by atoms with Gasteiger partial charge in [-0.25, -0.2) is 4.79 Å². The number of nitrogens with zero attached hydrogens (tertiary/aromatic N) is 2. The van der Waals surface area contributed by atoms with Crippen molar-refractivity contribution in [3.8, 4) is 0 Å². The molecule has 1 aromatic rings. The van der Waals surface area contributed by atoms with Crippen LogP contribution in [0.25, 0.3) is 0 Å². The maximum Gasteiger partial charge on any atom is 0.321 e. The minimum absolute atomic E-state index is 0.0223. The fourth-order valence-electron chi connectivity index (χ4n) is 6.03. The highest BCUT2D eigenvalue weighted by atomic mass is 16.2. The van der Waals surface area contributed by atoms with E-state index in [9.17, 15) is 19.2 Å². The first-order chi connectivity index (χ1) is 17.9. The van der Waals surface area contributed by atoms with Crippen molar-refractivity contribution in [3.63, 3.8) is 0 Å². The van der Waals surface area contributed by atoms with Gasteiger partial charge in [0.2, 0.25) is 17.7 Å². The molecule has 3 aliphatic rings. The van der Waals surface area contributed by atoms with Crippen LogP contribution in [0, 0.1) is 11.8 Å². The molecule has 9 nitrogen and oxygen atoms in total. The molecule has 1 aliphatic heterocycles. The minimum Gasteiger partial charge on any atom is -0.368 e. The number of primary amides is 1. The van der Waals surface area contributed by atoms with Gasteiger partial charge >= 0.3 is 6.03 Å². The van der Waals surface area contributed by atoms with Crippen LogP contribution in [-0.4, -0.2) is 65.3 Å². The van der Waals surface area contributed by atoms with E-state index in [0.717, 1.165) is 57.8 Å². The number of rotatable bonds is 7. The van der Waals surface area contributed by atoms with Gasteiger partial charge < -0.3 is 26.2 Å². The number of anilines is 1. The Morgan fingerprint density at radius 1 is 0.892 bits per heavy atom. The van der Waals surface area contributed by atoms with Crippen molar-refractivity contribution in [2.75, 3.05) is 25.0 Å². The summed E-state index contributed by atoms with van der Waals surface area (Å²) in [7, 11) is 0. The van der Waals surface area contributed by atoms with Crippen LogP contribution >= 0.6 is 0 Å². The Morgan fingerprint density at radius 2 is 1.54 bits per heavy atom. The highest BCUT2D eigenvalue weighted by Gasteiger charge is 2.40. The predicted octanol–water partition coefficient (Wildman–Crippen LogP) is 3.25. The van der Waals surface area contributed by atoms with Crippen LogP contribution < -0.4 is 16.4 Å². The second-order valence-electron chi connectivity index (χ2n) is 10.8. The van der Waals surface area contributed by atoms with Crippen molar-refractivity contribution in [2.24, 2.45) is 17.6 Å². The number of amides is 5. The van der Waals surface area contributed by atoms with E-state index in [4.69, 9.17) is 5.73 Å². The lowest BCUT2D eigenvalue weighted by atomic mass is 9.84. The Balaban J connectivity index is 1.47. The smallest absolute Gasteiger partial charge is 0.321 e. The van der Waals surface area contributed by atoms with Crippen molar-refractivity contribution >= 4 is 29.4 Å². The molecule has 1 saturated heterocycles. The van der Waals surface area contributed by atoms with E-state index >= 15 is 0 Å². The number of nitrogens with two attached hydrogens (primary N) is 1. The van der Waals surface area contributed by atoms with E-state index in [1.165, 1.54) is 6.42 Å². The van der Waals surface area contributed by atoms with Crippen molar-refractivity contribution < 1.29 is 19.2 Å². The number of urea groups is 1. The summed E-state index contributed by atoms with van der Waals surface area (Å²) in [5, 5.41) is 5.73. The number of carbonyl (C=O) groups is 4. The molecule has 37 heavy (non-hydrogen) atoms. The zero-order valence-electron chi connectivity index (χ0n) is 21.7. The van der Waals surface area contributed by atoms with E-state index in [1.54, 1.807) is 21.9 Å². The number of hydrogen-bond acceptors (Lipinski definition) is 4. The Bertz CT molecular complexity index is 943. The fourth-order valence-corrected chi connectivity index (χ4v) is 6.03. The molecule has 1 aromatic carbocycles. The normalized spacial score (nSPS) is 22.2. The first-order valence-corrected chi connectivity index (χ1v) is 13.9. The third-order valence-corrected chi connectivity index (χ3v) is 8.19. The average Bonchev–Trinajstić information content (AvgIpc) is 2.93. The van der Waals surface area contributed by atoms with Crippen LogP contribution in [0.15, 0.2) is 30.3 Å². The monoisotopic (exact) mass is 511 g/mol.